The minimum absolute atomic E-state index is 0.0492. The molecule has 4 bridgehead atoms. The average molecular weight is 1000 g/mol. The van der Waals surface area contributed by atoms with Crippen molar-refractivity contribution in [3.05, 3.63) is 85.9 Å². The van der Waals surface area contributed by atoms with E-state index in [0.717, 1.165) is 107 Å². The second-order valence-electron chi connectivity index (χ2n) is 18.8. The van der Waals surface area contributed by atoms with Gasteiger partial charge in [-0.05, 0) is 120 Å². The zero-order valence-corrected chi connectivity index (χ0v) is 40.4. The number of amides is 1. The number of fused-ring (bicyclic) bond motifs is 2. The topological polar surface area (TPSA) is 123 Å². The summed E-state index contributed by atoms with van der Waals surface area (Å²) in [7, 11) is 0. The van der Waals surface area contributed by atoms with Crippen LogP contribution in [0.4, 0.5) is 22.6 Å². The summed E-state index contributed by atoms with van der Waals surface area (Å²) in [6.45, 7) is 26.3. The molecule has 11 nitrogen and oxygen atoms in total. The molecule has 0 saturated heterocycles. The van der Waals surface area contributed by atoms with Crippen LogP contribution in [0.15, 0.2) is 42.6 Å². The molecular formula is C47H60IN9NiO2S-3. The summed E-state index contributed by atoms with van der Waals surface area (Å²) in [4.78, 5) is 25.9. The van der Waals surface area contributed by atoms with E-state index in [1.807, 2.05) is 50.4 Å². The molecule has 5 aliphatic rings. The van der Waals surface area contributed by atoms with Crippen molar-refractivity contribution in [1.29, 1.82) is 0 Å². The number of hydrogen-bond acceptors (Lipinski definition) is 10. The third-order valence-corrected chi connectivity index (χ3v) is 13.8. The first-order chi connectivity index (χ1) is 29.2. The number of halogens is 1. The number of pyridine rings is 1. The molecule has 4 aliphatic carbocycles. The number of unbranched alkanes of at least 4 members (excludes halogenated alkanes) is 1. The second kappa shape index (κ2) is 18.5. The van der Waals surface area contributed by atoms with E-state index < -0.39 is 0 Å². The first kappa shape index (κ1) is 45.8. The number of nitrogens with zero attached hydrogens (tertiary/aromatic N) is 7. The van der Waals surface area contributed by atoms with E-state index in [1.165, 1.54) is 19.3 Å². The molecule has 5 heterocycles. The third-order valence-electron chi connectivity index (χ3n) is 12.9. The van der Waals surface area contributed by atoms with E-state index in [-0.39, 0.29) is 33.8 Å². The predicted octanol–water partition coefficient (Wildman–Crippen LogP) is 11.2. The number of para-hydroxylation sites is 1. The Hall–Kier alpha value is -3.20. The molecule has 14 heteroatoms. The number of ether oxygens (including phenoxy) is 1. The van der Waals surface area contributed by atoms with Crippen molar-refractivity contribution in [2.75, 3.05) is 23.4 Å². The van der Waals surface area contributed by atoms with Gasteiger partial charge in [0.15, 0.2) is 16.8 Å². The van der Waals surface area contributed by atoms with E-state index in [2.05, 4.69) is 92.1 Å². The molecule has 2 atom stereocenters. The maximum absolute atomic E-state index is 14.0. The molecule has 1 aliphatic heterocycles. The zero-order valence-electron chi connectivity index (χ0n) is 36.5. The van der Waals surface area contributed by atoms with Crippen molar-refractivity contribution in [2.45, 2.75) is 124 Å². The number of rotatable bonds is 11. The number of hydrogen-bond donors (Lipinski definition) is 2. The fraction of sp³-hybridized carbons (Fsp3) is 0.511. The quantitative estimate of drug-likeness (QED) is 0.0756. The van der Waals surface area contributed by atoms with Gasteiger partial charge in [0, 0.05) is 47.1 Å². The second-order valence-corrected chi connectivity index (χ2v) is 19.8. The van der Waals surface area contributed by atoms with Crippen molar-refractivity contribution in [2.24, 2.45) is 16.2 Å². The summed E-state index contributed by atoms with van der Waals surface area (Å²) in [6, 6.07) is 12.1. The number of anilines is 4. The van der Waals surface area contributed by atoms with Gasteiger partial charge in [-0.2, -0.15) is 5.10 Å². The Bertz CT molecular complexity index is 2310. The van der Waals surface area contributed by atoms with Crippen LogP contribution in [0.1, 0.15) is 113 Å². The van der Waals surface area contributed by atoms with Crippen LogP contribution in [0, 0.1) is 50.9 Å². The summed E-state index contributed by atoms with van der Waals surface area (Å²) < 4.78 is 9.84. The van der Waals surface area contributed by atoms with Crippen molar-refractivity contribution in [3.8, 4) is 11.1 Å². The van der Waals surface area contributed by atoms with Gasteiger partial charge in [-0.25, -0.2) is 22.8 Å². The third kappa shape index (κ3) is 9.39. The summed E-state index contributed by atoms with van der Waals surface area (Å²) in [5.74, 6) is 1.95. The molecule has 0 spiro atoms. The van der Waals surface area contributed by atoms with Crippen LogP contribution < -0.4 is 15.5 Å². The monoisotopic (exact) mass is 999 g/mol. The van der Waals surface area contributed by atoms with Crippen molar-refractivity contribution in [3.63, 3.8) is 0 Å². The van der Waals surface area contributed by atoms with Gasteiger partial charge in [0.1, 0.15) is 11.5 Å². The summed E-state index contributed by atoms with van der Waals surface area (Å²) >= 11 is 7.22. The molecule has 4 saturated carbocycles. The molecule has 61 heavy (non-hydrogen) atoms. The van der Waals surface area contributed by atoms with Crippen LogP contribution in [0.2, 0.25) is 0 Å². The molecule has 0 radical (unpaired) electrons. The molecule has 2 unspecified atom stereocenters. The normalized spacial score (nSPS) is 24.8. The first-order valence-corrected chi connectivity index (χ1v) is 25.5. The Labute approximate surface area is 385 Å². The fourth-order valence-electron chi connectivity index (χ4n) is 11.8. The maximum atomic E-state index is 14.0. The number of aromatic nitrogens is 6. The minimum atomic E-state index is -0.205. The molecule has 4 aromatic heterocycles. The van der Waals surface area contributed by atoms with E-state index >= 15 is 0 Å². The Morgan fingerprint density at radius 1 is 0.951 bits per heavy atom. The average Bonchev–Trinajstić information content (AvgIpc) is 3.79. The predicted molar refractivity (Wildman–Crippen MR) is 252 cm³/mol. The van der Waals surface area contributed by atoms with Gasteiger partial charge in [-0.15, -0.1) is 10.2 Å². The van der Waals surface area contributed by atoms with E-state index in [1.54, 1.807) is 31.8 Å². The summed E-state index contributed by atoms with van der Waals surface area (Å²) in [5, 5.41) is 21.7. The number of benzene rings is 1. The Kier molecular flexibility index (Phi) is 13.9. The van der Waals surface area contributed by atoms with Crippen LogP contribution in [-0.2, 0) is 30.0 Å². The number of thiazole rings is 1. The van der Waals surface area contributed by atoms with Crippen molar-refractivity contribution < 1.29 is 21.8 Å². The fourth-order valence-corrected chi connectivity index (χ4v) is 12.7. The van der Waals surface area contributed by atoms with E-state index in [9.17, 15) is 4.79 Å². The van der Waals surface area contributed by atoms with Crippen LogP contribution in [0.3, 0.4) is 0 Å². The molecule has 1 aromatic carbocycles. The van der Waals surface area contributed by atoms with Gasteiger partial charge in [0.2, 0.25) is 0 Å². The SMILES string of the molecule is [CH2-]CC[CH2-].[CH2-]COC12CC3(C)CC(C)(CC(Cn4ncc(-c5ccc(N6CCCc7c6nnc(Nc6nc8ccccc8s6)c7C)nc5C(=O)NC(C)C)c4C)(C3)C1)C2.[Ni][I]. The number of nitrogens with one attached hydrogen (secondary N) is 2. The molecule has 5 aromatic rings. The number of carbonyl (C=O) groups is 1. The standard InChI is InChI=1S/C43H52N9O2S.C4H8.HI.Ni/c1-8-54-43-22-40(6)19-41(7,23-43)21-42(20-40,24-43)25-52-28(5)31(18-44-52)30-15-16-34(47-35(30)38(53)45-26(2)3)51-17-11-12-29-27(4)36(49-50-37(29)51)48-39-46-32-13-9-10-14-33(32)55-39;1-3-4-2;;/h9-10,13-16,18,26H,1,8,11-12,17,19-25H2,2-7H3,(H,45,53)(H,46,48,49);1-4H2;1H;/q-1;-2;;+1/p-1. The van der Waals surface area contributed by atoms with Crippen LogP contribution in [-0.4, -0.2) is 60.6 Å². The van der Waals surface area contributed by atoms with Gasteiger partial charge in [0.05, 0.1) is 22.0 Å². The molecule has 331 valence electrons. The van der Waals surface area contributed by atoms with Crippen molar-refractivity contribution in [1.82, 2.24) is 35.3 Å². The Balaban J connectivity index is 0.000000885. The zero-order chi connectivity index (χ0) is 43.7. The van der Waals surface area contributed by atoms with Crippen molar-refractivity contribution >= 4 is 70.5 Å². The molecule has 4 fully saturated rings. The summed E-state index contributed by atoms with van der Waals surface area (Å²) in [5.41, 5.74) is 6.78. The van der Waals surface area contributed by atoms with E-state index in [0.29, 0.717) is 23.9 Å². The Morgan fingerprint density at radius 3 is 2.34 bits per heavy atom. The molecule has 10 rings (SSSR count). The molecular weight excluding hydrogens is 940 g/mol. The van der Waals surface area contributed by atoms with Crippen LogP contribution in [0.25, 0.3) is 21.3 Å². The van der Waals surface area contributed by atoms with Crippen LogP contribution in [0.5, 0.6) is 0 Å². The first-order valence-electron chi connectivity index (χ1n) is 21.4. The van der Waals surface area contributed by atoms with Gasteiger partial charge in [-0.1, -0.05) is 43.9 Å². The molecule has 2 N–H and O–H groups in total. The van der Waals surface area contributed by atoms with Gasteiger partial charge in [0.25, 0.3) is 5.91 Å². The number of carbonyl (C=O) groups excluding carboxylic acids is 1. The summed E-state index contributed by atoms with van der Waals surface area (Å²) in [6.07, 6.45) is 12.6. The molecule has 1 amide bonds. The Morgan fingerprint density at radius 2 is 1.67 bits per heavy atom. The van der Waals surface area contributed by atoms with E-state index in [4.69, 9.17) is 24.9 Å². The van der Waals surface area contributed by atoms with Gasteiger partial charge < -0.3 is 41.0 Å². The van der Waals surface area contributed by atoms with Crippen LogP contribution >= 0.6 is 31.8 Å². The van der Waals surface area contributed by atoms with Gasteiger partial charge in [-0.3, -0.25) is 9.48 Å². The van der Waals surface area contributed by atoms with Gasteiger partial charge >= 0.3 is 32.8 Å².